The fraction of sp³-hybridized carbons (Fsp3) is 0.292. The number of morpholine rings is 1. The van der Waals surface area contributed by atoms with Crippen LogP contribution < -0.4 is 10.3 Å². The number of aromatic nitrogens is 3. The first kappa shape index (κ1) is 21.6. The van der Waals surface area contributed by atoms with Crippen LogP contribution in [0, 0.1) is 0 Å². The van der Waals surface area contributed by atoms with E-state index in [1.807, 2.05) is 24.3 Å². The summed E-state index contributed by atoms with van der Waals surface area (Å²) < 4.78 is 13.2. The maximum Gasteiger partial charge on any atom is 0.275 e. The average Bonchev–Trinajstić information content (AvgIpc) is 3.29. The lowest BCUT2D eigenvalue weighted by atomic mass is 10.2. The van der Waals surface area contributed by atoms with E-state index in [2.05, 4.69) is 14.9 Å². The minimum absolute atomic E-state index is 0.143. The third-order valence-electron chi connectivity index (χ3n) is 5.56. The van der Waals surface area contributed by atoms with Gasteiger partial charge in [-0.1, -0.05) is 0 Å². The summed E-state index contributed by atoms with van der Waals surface area (Å²) in [6.45, 7) is 5.12. The fourth-order valence-electron chi connectivity index (χ4n) is 3.75. The smallest absolute Gasteiger partial charge is 0.275 e. The van der Waals surface area contributed by atoms with Crippen LogP contribution in [0.25, 0.3) is 26.3 Å². The van der Waals surface area contributed by atoms with Crippen LogP contribution in [0.4, 0.5) is 0 Å². The van der Waals surface area contributed by atoms with E-state index in [0.29, 0.717) is 28.4 Å². The molecule has 0 bridgehead atoms. The Morgan fingerprint density at radius 1 is 1.09 bits per heavy atom. The summed E-state index contributed by atoms with van der Waals surface area (Å²) in [5.41, 5.74) is 2.07. The Balaban J connectivity index is 1.27. The molecule has 5 rings (SSSR count). The van der Waals surface area contributed by atoms with Crippen molar-refractivity contribution in [3.05, 3.63) is 65.3 Å². The molecule has 4 heterocycles. The normalized spacial score (nSPS) is 14.5. The van der Waals surface area contributed by atoms with Crippen LogP contribution in [0.15, 0.2) is 59.8 Å². The molecule has 9 heteroatoms. The van der Waals surface area contributed by atoms with Gasteiger partial charge in [0.15, 0.2) is 0 Å². The third-order valence-corrected chi connectivity index (χ3v) is 6.72. The largest absolute Gasteiger partial charge is 0.508 e. The molecular formula is C24H24N4O4S. The summed E-state index contributed by atoms with van der Waals surface area (Å²) in [6.07, 6.45) is 4.07. The van der Waals surface area contributed by atoms with Gasteiger partial charge < -0.3 is 14.6 Å². The molecular weight excluding hydrogens is 440 g/mol. The Morgan fingerprint density at radius 3 is 2.67 bits per heavy atom. The summed E-state index contributed by atoms with van der Waals surface area (Å²) in [5.74, 6) is 0.742. The summed E-state index contributed by atoms with van der Waals surface area (Å²) in [6, 6.07) is 12.4. The molecule has 0 aliphatic carbocycles. The predicted octanol–water partition coefficient (Wildman–Crippen LogP) is 3.32. The second-order valence-corrected chi connectivity index (χ2v) is 8.85. The second-order valence-electron chi connectivity index (χ2n) is 7.80. The number of fused-ring (bicyclic) bond motifs is 1. The third kappa shape index (κ3) is 4.90. The Bertz CT molecular complexity index is 1280. The summed E-state index contributed by atoms with van der Waals surface area (Å²) in [4.78, 5) is 25.2. The Kier molecular flexibility index (Phi) is 6.34. The number of hydrogen-bond acceptors (Lipinski definition) is 8. The summed E-state index contributed by atoms with van der Waals surface area (Å²) in [7, 11) is 0. The number of thiophene rings is 1. The molecule has 0 saturated carbocycles. The van der Waals surface area contributed by atoms with Gasteiger partial charge in [0.05, 0.1) is 37.2 Å². The highest BCUT2D eigenvalue weighted by Gasteiger charge is 2.13. The molecule has 0 atom stereocenters. The van der Waals surface area contributed by atoms with E-state index in [4.69, 9.17) is 9.47 Å². The van der Waals surface area contributed by atoms with Crippen molar-refractivity contribution < 1.29 is 14.6 Å². The van der Waals surface area contributed by atoms with E-state index in [1.165, 1.54) is 22.2 Å². The van der Waals surface area contributed by atoms with Crippen molar-refractivity contribution in [2.45, 2.75) is 6.42 Å². The van der Waals surface area contributed by atoms with Crippen LogP contribution >= 0.6 is 11.3 Å². The SMILES string of the molecule is O=c1c2sc(-c3ccc(O)cc3)cc2ncn1-c1ccc(OCCCN2CCOCC2)nc1. The minimum Gasteiger partial charge on any atom is -0.508 e. The number of pyridine rings is 1. The number of aromatic hydroxyl groups is 1. The predicted molar refractivity (Wildman–Crippen MR) is 127 cm³/mol. The van der Waals surface area contributed by atoms with Gasteiger partial charge in [-0.25, -0.2) is 9.97 Å². The first-order chi connectivity index (χ1) is 16.2. The monoisotopic (exact) mass is 464 g/mol. The molecule has 33 heavy (non-hydrogen) atoms. The summed E-state index contributed by atoms with van der Waals surface area (Å²) >= 11 is 1.39. The van der Waals surface area contributed by atoms with Gasteiger partial charge in [-0.3, -0.25) is 14.3 Å². The number of nitrogens with zero attached hydrogens (tertiary/aromatic N) is 4. The van der Waals surface area contributed by atoms with Crippen LogP contribution in [0.2, 0.25) is 0 Å². The quantitative estimate of drug-likeness (QED) is 0.420. The number of rotatable bonds is 7. The number of phenols is 1. The molecule has 3 aromatic heterocycles. The van der Waals surface area contributed by atoms with Gasteiger partial charge in [0.2, 0.25) is 5.88 Å². The number of ether oxygens (including phenoxy) is 2. The Labute approximate surface area is 194 Å². The number of hydrogen-bond donors (Lipinski definition) is 1. The van der Waals surface area contributed by atoms with Gasteiger partial charge in [-0.2, -0.15) is 0 Å². The van der Waals surface area contributed by atoms with Crippen molar-refractivity contribution in [1.82, 2.24) is 19.4 Å². The van der Waals surface area contributed by atoms with Crippen molar-refractivity contribution >= 4 is 21.6 Å². The van der Waals surface area contributed by atoms with Crippen LogP contribution in [-0.2, 0) is 4.74 Å². The average molecular weight is 465 g/mol. The minimum atomic E-state index is -0.143. The zero-order valence-electron chi connectivity index (χ0n) is 18.0. The first-order valence-electron chi connectivity index (χ1n) is 10.9. The molecule has 170 valence electrons. The van der Waals surface area contributed by atoms with Gasteiger partial charge in [0.25, 0.3) is 5.56 Å². The van der Waals surface area contributed by atoms with Crippen molar-refractivity contribution in [1.29, 1.82) is 0 Å². The highest BCUT2D eigenvalue weighted by molar-refractivity contribution is 7.22. The Hall–Kier alpha value is -3.27. The van der Waals surface area contributed by atoms with Crippen LogP contribution in [0.5, 0.6) is 11.6 Å². The zero-order chi connectivity index (χ0) is 22.6. The van der Waals surface area contributed by atoms with Crippen molar-refractivity contribution in [2.24, 2.45) is 0 Å². The van der Waals surface area contributed by atoms with Crippen LogP contribution in [0.1, 0.15) is 6.42 Å². The second kappa shape index (κ2) is 9.70. The highest BCUT2D eigenvalue weighted by atomic mass is 32.1. The molecule has 0 radical (unpaired) electrons. The van der Waals surface area contributed by atoms with E-state index in [9.17, 15) is 9.90 Å². The molecule has 1 fully saturated rings. The molecule has 0 unspecified atom stereocenters. The molecule has 1 N–H and O–H groups in total. The molecule has 1 aliphatic rings. The molecule has 0 spiro atoms. The van der Waals surface area contributed by atoms with Gasteiger partial charge in [-0.15, -0.1) is 11.3 Å². The Morgan fingerprint density at radius 2 is 1.91 bits per heavy atom. The molecule has 1 aromatic carbocycles. The van der Waals surface area contributed by atoms with E-state index in [0.717, 1.165) is 49.7 Å². The zero-order valence-corrected chi connectivity index (χ0v) is 18.8. The summed E-state index contributed by atoms with van der Waals surface area (Å²) in [5, 5.41) is 9.50. The van der Waals surface area contributed by atoms with E-state index in [1.54, 1.807) is 24.4 Å². The van der Waals surface area contributed by atoms with E-state index in [-0.39, 0.29) is 11.3 Å². The first-order valence-corrected chi connectivity index (χ1v) is 11.7. The van der Waals surface area contributed by atoms with Gasteiger partial charge in [0.1, 0.15) is 16.8 Å². The lowest BCUT2D eigenvalue weighted by molar-refractivity contribution is 0.0357. The standard InChI is InChI=1S/C24H24N4O4S/c29-19-5-2-17(3-6-19)21-14-20-23(33-21)24(30)28(16-26-20)18-4-7-22(25-15-18)32-11-1-8-27-9-12-31-13-10-27/h2-7,14-16,29H,1,8-13H2. The maximum atomic E-state index is 13.1. The lowest BCUT2D eigenvalue weighted by Crippen LogP contribution is -2.37. The molecule has 4 aromatic rings. The lowest BCUT2D eigenvalue weighted by Gasteiger charge is -2.26. The maximum absolute atomic E-state index is 13.1. The molecule has 1 aliphatic heterocycles. The van der Waals surface area contributed by atoms with Gasteiger partial charge >= 0.3 is 0 Å². The van der Waals surface area contributed by atoms with Gasteiger partial charge in [-0.05, 0) is 48.4 Å². The highest BCUT2D eigenvalue weighted by Crippen LogP contribution is 2.31. The van der Waals surface area contributed by atoms with E-state index >= 15 is 0 Å². The molecule has 0 amide bonds. The van der Waals surface area contributed by atoms with Gasteiger partial charge in [0, 0.05) is 30.6 Å². The topological polar surface area (TPSA) is 89.7 Å². The van der Waals surface area contributed by atoms with E-state index < -0.39 is 0 Å². The van der Waals surface area contributed by atoms with Crippen molar-refractivity contribution in [3.63, 3.8) is 0 Å². The molecule has 8 nitrogen and oxygen atoms in total. The fourth-order valence-corrected chi connectivity index (χ4v) is 4.80. The van der Waals surface area contributed by atoms with Crippen LogP contribution in [0.3, 0.4) is 0 Å². The number of phenolic OH excluding ortho intramolecular Hbond substituents is 1. The van der Waals surface area contributed by atoms with Crippen molar-refractivity contribution in [2.75, 3.05) is 39.5 Å². The van der Waals surface area contributed by atoms with Crippen LogP contribution in [-0.4, -0.2) is 64.0 Å². The van der Waals surface area contributed by atoms with Crippen molar-refractivity contribution in [3.8, 4) is 27.8 Å². The molecule has 1 saturated heterocycles. The number of benzene rings is 1.